The van der Waals surface area contributed by atoms with Gasteiger partial charge >= 0.3 is 5.97 Å². The molecule has 26 heavy (non-hydrogen) atoms. The Kier molecular flexibility index (Phi) is 5.44. The number of hydrogen-bond acceptors (Lipinski definition) is 5. The number of rotatable bonds is 7. The van der Waals surface area contributed by atoms with Gasteiger partial charge in [-0.05, 0) is 43.4 Å². The van der Waals surface area contributed by atoms with Crippen LogP contribution < -0.4 is 15.0 Å². The minimum Gasteiger partial charge on any atom is -0.495 e. The third-order valence-corrected chi connectivity index (χ3v) is 4.70. The Morgan fingerprint density at radius 1 is 1.31 bits per heavy atom. The standard InChI is InChI=1S/C19H24N2O5/c1-12-3-6-16(25-2)15(7-12)21-10-14(8-17(21)22)19(24)20-9-18(23)26-11-13-4-5-13/h3,6-7,13-14H,4-5,8-11H2,1-2H3,(H,20,24). The lowest BCUT2D eigenvalue weighted by molar-refractivity contribution is -0.144. The Balaban J connectivity index is 1.56. The Morgan fingerprint density at radius 2 is 2.08 bits per heavy atom. The summed E-state index contributed by atoms with van der Waals surface area (Å²) in [5.74, 6) is -0.300. The first-order valence-corrected chi connectivity index (χ1v) is 8.86. The van der Waals surface area contributed by atoms with Crippen LogP contribution in [0, 0.1) is 18.8 Å². The molecule has 1 N–H and O–H groups in total. The first kappa shape index (κ1) is 18.2. The fraction of sp³-hybridized carbons (Fsp3) is 0.526. The normalized spacial score (nSPS) is 19.4. The van der Waals surface area contributed by atoms with Crippen molar-refractivity contribution in [2.45, 2.75) is 26.2 Å². The minimum absolute atomic E-state index is 0.111. The Morgan fingerprint density at radius 3 is 2.77 bits per heavy atom. The zero-order valence-corrected chi connectivity index (χ0v) is 15.1. The van der Waals surface area contributed by atoms with Crippen molar-refractivity contribution in [1.29, 1.82) is 0 Å². The zero-order valence-electron chi connectivity index (χ0n) is 15.1. The van der Waals surface area contributed by atoms with Crippen LogP contribution in [-0.2, 0) is 19.1 Å². The quantitative estimate of drug-likeness (QED) is 0.744. The molecule has 1 saturated carbocycles. The molecule has 1 aliphatic heterocycles. The van der Waals surface area contributed by atoms with Crippen LogP contribution in [0.25, 0.3) is 0 Å². The first-order valence-electron chi connectivity index (χ1n) is 8.86. The molecule has 1 aromatic carbocycles. The van der Waals surface area contributed by atoms with Gasteiger partial charge < -0.3 is 19.7 Å². The number of aryl methyl sites for hydroxylation is 1. The highest BCUT2D eigenvalue weighted by molar-refractivity contribution is 6.01. The number of nitrogens with zero attached hydrogens (tertiary/aromatic N) is 1. The van der Waals surface area contributed by atoms with Gasteiger partial charge in [0.15, 0.2) is 0 Å². The molecular weight excluding hydrogens is 336 g/mol. The van der Waals surface area contributed by atoms with Crippen molar-refractivity contribution >= 4 is 23.5 Å². The number of benzene rings is 1. The van der Waals surface area contributed by atoms with Gasteiger partial charge in [-0.3, -0.25) is 14.4 Å². The number of carbonyl (C=O) groups is 3. The molecule has 2 fully saturated rings. The monoisotopic (exact) mass is 360 g/mol. The number of hydrogen-bond donors (Lipinski definition) is 1. The predicted molar refractivity (Wildman–Crippen MR) is 94.9 cm³/mol. The van der Waals surface area contributed by atoms with Crippen molar-refractivity contribution in [3.63, 3.8) is 0 Å². The molecule has 0 bridgehead atoms. The van der Waals surface area contributed by atoms with Crippen LogP contribution in [0.5, 0.6) is 5.75 Å². The summed E-state index contributed by atoms with van der Waals surface area (Å²) in [5, 5.41) is 2.58. The molecule has 1 atom stereocenters. The first-order chi connectivity index (χ1) is 12.5. The smallest absolute Gasteiger partial charge is 0.325 e. The van der Waals surface area contributed by atoms with Crippen molar-refractivity contribution in [3.8, 4) is 5.75 Å². The fourth-order valence-electron chi connectivity index (χ4n) is 2.98. The summed E-state index contributed by atoms with van der Waals surface area (Å²) in [6, 6.07) is 5.58. The van der Waals surface area contributed by atoms with Gasteiger partial charge in [-0.1, -0.05) is 6.07 Å². The third-order valence-electron chi connectivity index (χ3n) is 4.70. The Bertz CT molecular complexity index is 714. The van der Waals surface area contributed by atoms with Crippen LogP contribution in [0.2, 0.25) is 0 Å². The SMILES string of the molecule is COc1ccc(C)cc1N1CC(C(=O)NCC(=O)OCC2CC2)CC1=O. The lowest BCUT2D eigenvalue weighted by Gasteiger charge is -2.20. The highest BCUT2D eigenvalue weighted by atomic mass is 16.5. The molecule has 3 rings (SSSR count). The lowest BCUT2D eigenvalue weighted by atomic mass is 10.1. The molecule has 1 aliphatic carbocycles. The number of anilines is 1. The van der Waals surface area contributed by atoms with E-state index in [1.54, 1.807) is 18.1 Å². The van der Waals surface area contributed by atoms with Crippen LogP contribution in [0.4, 0.5) is 5.69 Å². The second-order valence-corrected chi connectivity index (χ2v) is 6.92. The maximum Gasteiger partial charge on any atom is 0.325 e. The number of amides is 2. The van der Waals surface area contributed by atoms with Gasteiger partial charge in [0.05, 0.1) is 25.3 Å². The van der Waals surface area contributed by atoms with Crippen LogP contribution in [-0.4, -0.2) is 44.6 Å². The van der Waals surface area contributed by atoms with Crippen LogP contribution >= 0.6 is 0 Å². The van der Waals surface area contributed by atoms with E-state index in [1.807, 2.05) is 19.1 Å². The molecule has 1 saturated heterocycles. The van der Waals surface area contributed by atoms with E-state index < -0.39 is 11.9 Å². The zero-order chi connectivity index (χ0) is 18.7. The number of methoxy groups -OCH3 is 1. The second kappa shape index (κ2) is 7.76. The highest BCUT2D eigenvalue weighted by Gasteiger charge is 2.36. The van der Waals surface area contributed by atoms with E-state index in [9.17, 15) is 14.4 Å². The van der Waals surface area contributed by atoms with Crippen LogP contribution in [0.15, 0.2) is 18.2 Å². The average molecular weight is 360 g/mol. The van der Waals surface area contributed by atoms with Crippen molar-refractivity contribution in [3.05, 3.63) is 23.8 Å². The van der Waals surface area contributed by atoms with E-state index in [0.717, 1.165) is 18.4 Å². The summed E-state index contributed by atoms with van der Waals surface area (Å²) in [5.41, 5.74) is 1.66. The molecule has 140 valence electrons. The van der Waals surface area contributed by atoms with E-state index >= 15 is 0 Å². The molecule has 1 heterocycles. The van der Waals surface area contributed by atoms with E-state index in [-0.39, 0.29) is 31.3 Å². The van der Waals surface area contributed by atoms with Gasteiger partial charge in [-0.25, -0.2) is 0 Å². The van der Waals surface area contributed by atoms with Gasteiger partial charge in [0.25, 0.3) is 0 Å². The second-order valence-electron chi connectivity index (χ2n) is 6.92. The molecule has 0 aromatic heterocycles. The molecule has 1 unspecified atom stereocenters. The molecule has 1 aromatic rings. The molecule has 2 aliphatic rings. The van der Waals surface area contributed by atoms with Crippen molar-refractivity contribution in [2.24, 2.45) is 11.8 Å². The van der Waals surface area contributed by atoms with Crippen molar-refractivity contribution < 1.29 is 23.9 Å². The molecule has 7 heteroatoms. The van der Waals surface area contributed by atoms with E-state index in [4.69, 9.17) is 9.47 Å². The van der Waals surface area contributed by atoms with E-state index in [2.05, 4.69) is 5.32 Å². The van der Waals surface area contributed by atoms with E-state index in [1.165, 1.54) is 0 Å². The Labute approximate surface area is 152 Å². The molecule has 2 amide bonds. The summed E-state index contributed by atoms with van der Waals surface area (Å²) < 4.78 is 10.4. The number of ether oxygens (including phenoxy) is 2. The summed E-state index contributed by atoms with van der Waals surface area (Å²) in [6.45, 7) is 2.46. The van der Waals surface area contributed by atoms with Crippen molar-refractivity contribution in [2.75, 3.05) is 31.7 Å². The maximum absolute atomic E-state index is 12.4. The minimum atomic E-state index is -0.496. The summed E-state index contributed by atoms with van der Waals surface area (Å²) in [7, 11) is 1.55. The number of nitrogens with one attached hydrogen (secondary N) is 1. The fourth-order valence-corrected chi connectivity index (χ4v) is 2.98. The van der Waals surface area contributed by atoms with Crippen LogP contribution in [0.1, 0.15) is 24.8 Å². The molecular formula is C19H24N2O5. The molecule has 7 nitrogen and oxygen atoms in total. The molecule has 0 spiro atoms. The van der Waals surface area contributed by atoms with Gasteiger partial charge in [0.2, 0.25) is 11.8 Å². The van der Waals surface area contributed by atoms with Crippen molar-refractivity contribution in [1.82, 2.24) is 5.32 Å². The number of esters is 1. The van der Waals surface area contributed by atoms with Gasteiger partial charge in [0, 0.05) is 13.0 Å². The lowest BCUT2D eigenvalue weighted by Crippen LogP contribution is -2.36. The van der Waals surface area contributed by atoms with Crippen LogP contribution in [0.3, 0.4) is 0 Å². The highest BCUT2D eigenvalue weighted by Crippen LogP contribution is 2.34. The largest absolute Gasteiger partial charge is 0.495 e. The molecule has 0 radical (unpaired) electrons. The summed E-state index contributed by atoms with van der Waals surface area (Å²) in [4.78, 5) is 37.9. The van der Waals surface area contributed by atoms with E-state index in [0.29, 0.717) is 24.0 Å². The van der Waals surface area contributed by atoms with Gasteiger partial charge in [-0.2, -0.15) is 0 Å². The predicted octanol–water partition coefficient (Wildman–Crippen LogP) is 1.43. The summed E-state index contributed by atoms with van der Waals surface area (Å²) in [6.07, 6.45) is 2.31. The van der Waals surface area contributed by atoms with Gasteiger partial charge in [0.1, 0.15) is 12.3 Å². The third kappa shape index (κ3) is 4.33. The Hall–Kier alpha value is -2.57. The average Bonchev–Trinajstić information content (AvgIpc) is 3.38. The summed E-state index contributed by atoms with van der Waals surface area (Å²) >= 11 is 0. The maximum atomic E-state index is 12.4. The number of carbonyl (C=O) groups excluding carboxylic acids is 3. The topological polar surface area (TPSA) is 84.9 Å². The van der Waals surface area contributed by atoms with Gasteiger partial charge in [-0.15, -0.1) is 0 Å².